The molecule has 0 radical (unpaired) electrons. The fourth-order valence-electron chi connectivity index (χ4n) is 3.30. The Morgan fingerprint density at radius 2 is 2.12 bits per heavy atom. The molecule has 3 heterocycles. The molecule has 122 valence electrons. The van der Waals surface area contributed by atoms with Crippen molar-refractivity contribution in [1.82, 2.24) is 19.9 Å². The minimum atomic E-state index is -0.110. The van der Waals surface area contributed by atoms with Crippen molar-refractivity contribution < 1.29 is 4.79 Å². The van der Waals surface area contributed by atoms with E-state index in [2.05, 4.69) is 21.0 Å². The third kappa shape index (κ3) is 2.36. The van der Waals surface area contributed by atoms with E-state index in [0.29, 0.717) is 22.9 Å². The van der Waals surface area contributed by atoms with E-state index in [1.54, 1.807) is 6.07 Å². The van der Waals surface area contributed by atoms with E-state index in [9.17, 15) is 4.79 Å². The summed E-state index contributed by atoms with van der Waals surface area (Å²) >= 11 is 6.16. The maximum Gasteiger partial charge on any atom is 0.290 e. The lowest BCUT2D eigenvalue weighted by molar-refractivity contribution is 0.0665. The molecule has 0 aliphatic carbocycles. The zero-order valence-corrected chi connectivity index (χ0v) is 14.3. The molecule has 0 spiro atoms. The van der Waals surface area contributed by atoms with Crippen LogP contribution in [0, 0.1) is 6.92 Å². The first kappa shape index (κ1) is 15.1. The highest BCUT2D eigenvalue weighted by Crippen LogP contribution is 2.30. The highest BCUT2D eigenvalue weighted by atomic mass is 35.5. The van der Waals surface area contributed by atoms with Gasteiger partial charge in [0.1, 0.15) is 5.52 Å². The van der Waals surface area contributed by atoms with Crippen LogP contribution in [0.15, 0.2) is 30.3 Å². The Hall–Kier alpha value is -2.40. The number of para-hydroxylation sites is 1. The van der Waals surface area contributed by atoms with Crippen LogP contribution in [0.2, 0.25) is 5.02 Å². The number of hydrogen-bond acceptors (Lipinski definition) is 3. The number of carbonyl (C=O) groups excluding carboxylic acids is 1. The second-order valence-corrected chi connectivity index (χ2v) is 6.54. The van der Waals surface area contributed by atoms with Crippen molar-refractivity contribution in [2.24, 2.45) is 0 Å². The summed E-state index contributed by atoms with van der Waals surface area (Å²) in [5.41, 5.74) is 4.60. The van der Waals surface area contributed by atoms with Crippen molar-refractivity contribution in [1.29, 1.82) is 0 Å². The van der Waals surface area contributed by atoms with Gasteiger partial charge < -0.3 is 9.88 Å². The van der Waals surface area contributed by atoms with Crippen molar-refractivity contribution in [2.75, 3.05) is 6.54 Å². The van der Waals surface area contributed by atoms with Gasteiger partial charge in [-0.25, -0.2) is 4.98 Å². The van der Waals surface area contributed by atoms with Crippen molar-refractivity contribution in [3.8, 4) is 0 Å². The number of carbonyl (C=O) groups is 1. The molecule has 2 aromatic heterocycles. The van der Waals surface area contributed by atoms with E-state index in [0.717, 1.165) is 28.9 Å². The van der Waals surface area contributed by atoms with Gasteiger partial charge in [0, 0.05) is 24.4 Å². The molecule has 3 aromatic rings. The number of rotatable bonds is 1. The van der Waals surface area contributed by atoms with Crippen LogP contribution in [-0.2, 0) is 6.42 Å². The molecule has 6 heteroatoms. The van der Waals surface area contributed by atoms with Gasteiger partial charge in [0.05, 0.1) is 16.6 Å². The number of pyridine rings is 1. The zero-order chi connectivity index (χ0) is 16.8. The number of imidazole rings is 1. The van der Waals surface area contributed by atoms with Crippen LogP contribution in [0.1, 0.15) is 40.5 Å². The van der Waals surface area contributed by atoms with Crippen molar-refractivity contribution in [2.45, 2.75) is 26.3 Å². The van der Waals surface area contributed by atoms with Gasteiger partial charge in [-0.05, 0) is 37.6 Å². The third-order valence-electron chi connectivity index (χ3n) is 4.58. The molecule has 1 N–H and O–H groups in total. The monoisotopic (exact) mass is 340 g/mol. The first-order valence-electron chi connectivity index (χ1n) is 7.96. The van der Waals surface area contributed by atoms with Gasteiger partial charge in [-0.1, -0.05) is 23.7 Å². The minimum absolute atomic E-state index is 0.0296. The van der Waals surface area contributed by atoms with Crippen LogP contribution in [0.5, 0.6) is 0 Å². The second-order valence-electron chi connectivity index (χ2n) is 6.13. The summed E-state index contributed by atoms with van der Waals surface area (Å²) in [5.74, 6) is 0.217. The number of benzene rings is 1. The summed E-state index contributed by atoms with van der Waals surface area (Å²) in [6, 6.07) is 9.50. The van der Waals surface area contributed by atoms with Crippen molar-refractivity contribution >= 4 is 28.5 Å². The molecule has 1 aliphatic heterocycles. The Morgan fingerprint density at radius 3 is 2.92 bits per heavy atom. The molecule has 0 bridgehead atoms. The van der Waals surface area contributed by atoms with Gasteiger partial charge in [0.2, 0.25) is 0 Å². The summed E-state index contributed by atoms with van der Waals surface area (Å²) in [5, 5.41) is 0.541. The molecule has 0 unspecified atom stereocenters. The lowest BCUT2D eigenvalue weighted by Gasteiger charge is -2.34. The summed E-state index contributed by atoms with van der Waals surface area (Å²) in [6.45, 7) is 4.65. The van der Waals surface area contributed by atoms with E-state index in [1.165, 1.54) is 0 Å². The Labute approximate surface area is 144 Å². The highest BCUT2D eigenvalue weighted by molar-refractivity contribution is 6.35. The van der Waals surface area contributed by atoms with Crippen molar-refractivity contribution in [3.63, 3.8) is 0 Å². The van der Waals surface area contributed by atoms with Gasteiger partial charge in [-0.2, -0.15) is 0 Å². The SMILES string of the molecule is Cc1ccc2c(n1)CCN(C(=O)c1nc3c(Cl)cccc3[nH]1)[C@@H]2C. The fourth-order valence-corrected chi connectivity index (χ4v) is 3.52. The quantitative estimate of drug-likeness (QED) is 0.735. The standard InChI is InChI=1S/C18H17ClN4O/c1-10-6-7-12-11(2)23(9-8-14(12)20-10)18(24)17-21-15-5-3-4-13(19)16(15)22-17/h3-7,11H,8-9H2,1-2H3,(H,21,22)/t11-/m1/s1. The highest BCUT2D eigenvalue weighted by Gasteiger charge is 2.30. The Balaban J connectivity index is 1.69. The normalized spacial score (nSPS) is 17.1. The topological polar surface area (TPSA) is 61.9 Å². The number of aryl methyl sites for hydroxylation is 1. The van der Waals surface area contributed by atoms with Gasteiger partial charge in [-0.3, -0.25) is 9.78 Å². The molecule has 4 rings (SSSR count). The second kappa shape index (κ2) is 5.60. The molecular formula is C18H17ClN4O. The van der Waals surface area contributed by atoms with Gasteiger partial charge in [-0.15, -0.1) is 0 Å². The van der Waals surface area contributed by atoms with Gasteiger partial charge in [0.15, 0.2) is 5.82 Å². The maximum absolute atomic E-state index is 12.9. The number of amides is 1. The number of aromatic nitrogens is 3. The average Bonchev–Trinajstić information content (AvgIpc) is 3.00. The van der Waals surface area contributed by atoms with Crippen LogP contribution >= 0.6 is 11.6 Å². The molecule has 1 atom stereocenters. The lowest BCUT2D eigenvalue weighted by atomic mass is 9.97. The number of halogens is 1. The summed E-state index contributed by atoms with van der Waals surface area (Å²) in [7, 11) is 0. The third-order valence-corrected chi connectivity index (χ3v) is 4.89. The molecule has 1 aliphatic rings. The molecule has 0 saturated heterocycles. The van der Waals surface area contributed by atoms with E-state index in [-0.39, 0.29) is 11.9 Å². The van der Waals surface area contributed by atoms with Gasteiger partial charge in [0.25, 0.3) is 5.91 Å². The molecule has 1 amide bonds. The maximum atomic E-state index is 12.9. The Kier molecular flexibility index (Phi) is 3.53. The predicted molar refractivity (Wildman–Crippen MR) is 93.2 cm³/mol. The van der Waals surface area contributed by atoms with Crippen LogP contribution < -0.4 is 0 Å². The number of hydrogen-bond donors (Lipinski definition) is 1. The van der Waals surface area contributed by atoms with E-state index in [4.69, 9.17) is 11.6 Å². The minimum Gasteiger partial charge on any atom is -0.334 e. The first-order chi connectivity index (χ1) is 11.5. The lowest BCUT2D eigenvalue weighted by Crippen LogP contribution is -2.39. The molecule has 1 aromatic carbocycles. The summed E-state index contributed by atoms with van der Waals surface area (Å²) in [6.07, 6.45) is 0.758. The van der Waals surface area contributed by atoms with Gasteiger partial charge >= 0.3 is 0 Å². The molecular weight excluding hydrogens is 324 g/mol. The zero-order valence-electron chi connectivity index (χ0n) is 13.5. The van der Waals surface area contributed by atoms with Crippen LogP contribution in [0.25, 0.3) is 11.0 Å². The number of H-pyrrole nitrogens is 1. The average molecular weight is 341 g/mol. The fraction of sp³-hybridized carbons (Fsp3) is 0.278. The smallest absolute Gasteiger partial charge is 0.290 e. The largest absolute Gasteiger partial charge is 0.334 e. The van der Waals surface area contributed by atoms with Crippen LogP contribution in [0.3, 0.4) is 0 Å². The van der Waals surface area contributed by atoms with E-state index in [1.807, 2.05) is 36.9 Å². The Bertz CT molecular complexity index is 949. The summed E-state index contributed by atoms with van der Waals surface area (Å²) in [4.78, 5) is 26.9. The number of fused-ring (bicyclic) bond motifs is 2. The molecule has 0 saturated carbocycles. The Morgan fingerprint density at radius 1 is 1.29 bits per heavy atom. The number of nitrogens with zero attached hydrogens (tertiary/aromatic N) is 3. The number of aromatic amines is 1. The molecule has 5 nitrogen and oxygen atoms in total. The summed E-state index contributed by atoms with van der Waals surface area (Å²) < 4.78 is 0. The van der Waals surface area contributed by atoms with E-state index < -0.39 is 0 Å². The predicted octanol–water partition coefficient (Wildman–Crippen LogP) is 3.68. The number of nitrogens with one attached hydrogen (secondary N) is 1. The molecule has 0 fully saturated rings. The van der Waals surface area contributed by atoms with Crippen LogP contribution in [-0.4, -0.2) is 32.3 Å². The van der Waals surface area contributed by atoms with E-state index >= 15 is 0 Å². The first-order valence-corrected chi connectivity index (χ1v) is 8.34. The van der Waals surface area contributed by atoms with Crippen molar-refractivity contribution in [3.05, 3.63) is 58.1 Å². The molecule has 24 heavy (non-hydrogen) atoms. The van der Waals surface area contributed by atoms with Crippen LogP contribution in [0.4, 0.5) is 0 Å².